The SMILES string of the molecule is NCC1CN(c2ccc(-c3ccc(Cl)s3)nn2)CCCO1. The number of anilines is 1. The van der Waals surface area contributed by atoms with E-state index in [1.54, 1.807) is 0 Å². The highest BCUT2D eigenvalue weighted by Gasteiger charge is 2.19. The summed E-state index contributed by atoms with van der Waals surface area (Å²) in [5.74, 6) is 0.866. The van der Waals surface area contributed by atoms with Crippen LogP contribution in [0.3, 0.4) is 0 Å². The lowest BCUT2D eigenvalue weighted by atomic mass is 10.3. The molecule has 2 aromatic heterocycles. The van der Waals surface area contributed by atoms with Crippen molar-refractivity contribution >= 4 is 28.8 Å². The fourth-order valence-electron chi connectivity index (χ4n) is 2.32. The number of hydrogen-bond acceptors (Lipinski definition) is 6. The summed E-state index contributed by atoms with van der Waals surface area (Å²) in [6.45, 7) is 2.94. The van der Waals surface area contributed by atoms with Gasteiger partial charge in [0.25, 0.3) is 0 Å². The Labute approximate surface area is 132 Å². The second-order valence-electron chi connectivity index (χ2n) is 4.91. The van der Waals surface area contributed by atoms with Crippen LogP contribution >= 0.6 is 22.9 Å². The van der Waals surface area contributed by atoms with E-state index in [0.29, 0.717) is 6.54 Å². The molecule has 0 aromatic carbocycles. The summed E-state index contributed by atoms with van der Waals surface area (Å²) in [5.41, 5.74) is 6.56. The minimum Gasteiger partial charge on any atom is -0.375 e. The Kier molecular flexibility index (Phi) is 4.70. The molecule has 1 atom stereocenters. The second-order valence-corrected chi connectivity index (χ2v) is 6.62. The first-order valence-electron chi connectivity index (χ1n) is 6.92. The van der Waals surface area contributed by atoms with Gasteiger partial charge in [-0.3, -0.25) is 0 Å². The number of nitrogens with zero attached hydrogens (tertiary/aromatic N) is 3. The number of aromatic nitrogens is 2. The maximum Gasteiger partial charge on any atom is 0.151 e. The molecule has 0 aliphatic carbocycles. The summed E-state index contributed by atoms with van der Waals surface area (Å²) in [5, 5.41) is 8.65. The van der Waals surface area contributed by atoms with Gasteiger partial charge < -0.3 is 15.4 Å². The minimum atomic E-state index is 0.0603. The van der Waals surface area contributed by atoms with Gasteiger partial charge >= 0.3 is 0 Å². The predicted octanol–water partition coefficient (Wildman–Crippen LogP) is 2.41. The van der Waals surface area contributed by atoms with Crippen LogP contribution < -0.4 is 10.6 Å². The van der Waals surface area contributed by atoms with Gasteiger partial charge in [-0.25, -0.2) is 0 Å². The van der Waals surface area contributed by atoms with Crippen molar-refractivity contribution in [3.63, 3.8) is 0 Å². The molecule has 1 fully saturated rings. The van der Waals surface area contributed by atoms with Gasteiger partial charge in [0.1, 0.15) is 5.69 Å². The first-order chi connectivity index (χ1) is 10.3. The van der Waals surface area contributed by atoms with E-state index < -0.39 is 0 Å². The van der Waals surface area contributed by atoms with Crippen molar-refractivity contribution in [2.75, 3.05) is 31.1 Å². The van der Waals surface area contributed by atoms with Crippen molar-refractivity contribution in [1.29, 1.82) is 0 Å². The quantitative estimate of drug-likeness (QED) is 0.939. The number of ether oxygens (including phenoxy) is 1. The Morgan fingerprint density at radius 3 is 2.90 bits per heavy atom. The topological polar surface area (TPSA) is 64.3 Å². The Bertz CT molecular complexity index is 589. The molecular weight excluding hydrogens is 308 g/mol. The Balaban J connectivity index is 1.76. The third kappa shape index (κ3) is 3.52. The van der Waals surface area contributed by atoms with Gasteiger partial charge in [0, 0.05) is 26.2 Å². The van der Waals surface area contributed by atoms with Crippen molar-refractivity contribution in [2.24, 2.45) is 5.73 Å². The fourth-order valence-corrected chi connectivity index (χ4v) is 3.33. The van der Waals surface area contributed by atoms with Crippen LogP contribution in [-0.4, -0.2) is 42.5 Å². The van der Waals surface area contributed by atoms with E-state index in [1.807, 2.05) is 24.3 Å². The molecular formula is C14H17ClN4OS. The molecule has 0 radical (unpaired) electrons. The number of halogens is 1. The summed E-state index contributed by atoms with van der Waals surface area (Å²) in [7, 11) is 0. The zero-order chi connectivity index (χ0) is 14.7. The maximum absolute atomic E-state index is 5.95. The average Bonchev–Trinajstić information content (AvgIpc) is 2.81. The maximum atomic E-state index is 5.95. The summed E-state index contributed by atoms with van der Waals surface area (Å²) in [4.78, 5) is 3.21. The van der Waals surface area contributed by atoms with Crippen molar-refractivity contribution in [2.45, 2.75) is 12.5 Å². The van der Waals surface area contributed by atoms with Crippen molar-refractivity contribution in [3.05, 3.63) is 28.6 Å². The van der Waals surface area contributed by atoms with Crippen LogP contribution in [0.15, 0.2) is 24.3 Å². The van der Waals surface area contributed by atoms with Crippen LogP contribution in [0.5, 0.6) is 0 Å². The molecule has 2 N–H and O–H groups in total. The predicted molar refractivity (Wildman–Crippen MR) is 86.0 cm³/mol. The molecule has 1 aliphatic heterocycles. The normalized spacial score (nSPS) is 19.5. The van der Waals surface area contributed by atoms with E-state index in [9.17, 15) is 0 Å². The highest BCUT2D eigenvalue weighted by atomic mass is 35.5. The summed E-state index contributed by atoms with van der Waals surface area (Å²) >= 11 is 7.45. The van der Waals surface area contributed by atoms with Crippen LogP contribution in [0.25, 0.3) is 10.6 Å². The summed E-state index contributed by atoms with van der Waals surface area (Å²) in [6.07, 6.45) is 1.03. The molecule has 3 rings (SSSR count). The minimum absolute atomic E-state index is 0.0603. The molecule has 7 heteroatoms. The van der Waals surface area contributed by atoms with E-state index in [-0.39, 0.29) is 6.10 Å². The fraction of sp³-hybridized carbons (Fsp3) is 0.429. The van der Waals surface area contributed by atoms with E-state index in [2.05, 4.69) is 15.1 Å². The number of nitrogens with two attached hydrogens (primary N) is 1. The van der Waals surface area contributed by atoms with Crippen LogP contribution in [0.2, 0.25) is 4.34 Å². The molecule has 0 amide bonds. The third-order valence-corrected chi connectivity index (χ3v) is 4.67. The zero-order valence-electron chi connectivity index (χ0n) is 11.5. The highest BCUT2D eigenvalue weighted by Crippen LogP contribution is 2.29. The molecule has 3 heterocycles. The van der Waals surface area contributed by atoms with Gasteiger partial charge in [-0.15, -0.1) is 21.5 Å². The molecule has 0 spiro atoms. The van der Waals surface area contributed by atoms with Gasteiger partial charge in [0.05, 0.1) is 15.3 Å². The van der Waals surface area contributed by atoms with Gasteiger partial charge in [-0.2, -0.15) is 0 Å². The molecule has 112 valence electrons. The lowest BCUT2D eigenvalue weighted by molar-refractivity contribution is 0.0749. The molecule has 2 aromatic rings. The molecule has 21 heavy (non-hydrogen) atoms. The van der Waals surface area contributed by atoms with Crippen molar-refractivity contribution in [3.8, 4) is 10.6 Å². The van der Waals surface area contributed by atoms with Gasteiger partial charge in [-0.1, -0.05) is 11.6 Å². The molecule has 0 bridgehead atoms. The number of rotatable bonds is 3. The Morgan fingerprint density at radius 1 is 1.33 bits per heavy atom. The first kappa shape index (κ1) is 14.7. The first-order valence-corrected chi connectivity index (χ1v) is 8.12. The van der Waals surface area contributed by atoms with Gasteiger partial charge in [0.2, 0.25) is 0 Å². The zero-order valence-corrected chi connectivity index (χ0v) is 13.1. The Hall–Kier alpha value is -1.21. The average molecular weight is 325 g/mol. The van der Waals surface area contributed by atoms with E-state index in [0.717, 1.165) is 46.8 Å². The van der Waals surface area contributed by atoms with E-state index in [4.69, 9.17) is 22.1 Å². The lowest BCUT2D eigenvalue weighted by Crippen LogP contribution is -2.36. The molecule has 0 saturated carbocycles. The van der Waals surface area contributed by atoms with E-state index >= 15 is 0 Å². The van der Waals surface area contributed by atoms with Crippen molar-refractivity contribution < 1.29 is 4.74 Å². The van der Waals surface area contributed by atoms with Crippen LogP contribution in [0.1, 0.15) is 6.42 Å². The number of hydrogen-bond donors (Lipinski definition) is 1. The third-order valence-electron chi connectivity index (χ3n) is 3.41. The van der Waals surface area contributed by atoms with Crippen LogP contribution in [-0.2, 0) is 4.74 Å². The summed E-state index contributed by atoms with van der Waals surface area (Å²) < 4.78 is 6.43. The van der Waals surface area contributed by atoms with E-state index in [1.165, 1.54) is 11.3 Å². The standard InChI is InChI=1S/C14H17ClN4OS/c15-13-4-3-12(21-13)11-2-5-14(18-17-11)19-6-1-7-20-10(8-16)9-19/h2-5,10H,1,6-9,16H2. The van der Waals surface area contributed by atoms with Crippen LogP contribution in [0.4, 0.5) is 5.82 Å². The largest absolute Gasteiger partial charge is 0.375 e. The highest BCUT2D eigenvalue weighted by molar-refractivity contribution is 7.19. The Morgan fingerprint density at radius 2 is 2.24 bits per heavy atom. The van der Waals surface area contributed by atoms with Gasteiger partial charge in [0.15, 0.2) is 5.82 Å². The summed E-state index contributed by atoms with van der Waals surface area (Å²) in [6, 6.07) is 7.80. The molecule has 1 aliphatic rings. The molecule has 1 saturated heterocycles. The monoisotopic (exact) mass is 324 g/mol. The molecule has 1 unspecified atom stereocenters. The van der Waals surface area contributed by atoms with Crippen LogP contribution in [0, 0.1) is 0 Å². The van der Waals surface area contributed by atoms with Crippen molar-refractivity contribution in [1.82, 2.24) is 10.2 Å². The number of thiophene rings is 1. The second kappa shape index (κ2) is 6.70. The molecule has 5 nitrogen and oxygen atoms in total. The smallest absolute Gasteiger partial charge is 0.151 e. The van der Waals surface area contributed by atoms with Gasteiger partial charge in [-0.05, 0) is 30.7 Å². The lowest BCUT2D eigenvalue weighted by Gasteiger charge is -2.23.